The molecule has 5 nitrogen and oxygen atoms in total. The van der Waals surface area contributed by atoms with Crippen molar-refractivity contribution in [1.82, 2.24) is 13.9 Å². The third-order valence-corrected chi connectivity index (χ3v) is 3.38. The Bertz CT molecular complexity index is 662. The highest BCUT2D eigenvalue weighted by atomic mass is 32.1. The summed E-state index contributed by atoms with van der Waals surface area (Å²) in [6, 6.07) is 1.65. The highest BCUT2D eigenvalue weighted by Gasteiger charge is 2.31. The minimum absolute atomic E-state index is 0.0902. The number of rotatable bonds is 3. The van der Waals surface area contributed by atoms with Gasteiger partial charge in [-0.05, 0) is 6.07 Å². The SMILES string of the molecule is CN(C)c1nc(Cn2cc(C(F)(F)F)ccc2=O)ns1. The Labute approximate surface area is 116 Å². The summed E-state index contributed by atoms with van der Waals surface area (Å²) in [6.45, 7) is -0.0902. The molecule has 2 rings (SSSR count). The Morgan fingerprint density at radius 2 is 2.05 bits per heavy atom. The van der Waals surface area contributed by atoms with Crippen molar-refractivity contribution in [2.45, 2.75) is 12.7 Å². The van der Waals surface area contributed by atoms with Crippen molar-refractivity contribution in [2.24, 2.45) is 0 Å². The van der Waals surface area contributed by atoms with Crippen molar-refractivity contribution in [1.29, 1.82) is 0 Å². The molecule has 0 fully saturated rings. The second kappa shape index (κ2) is 5.23. The summed E-state index contributed by atoms with van der Waals surface area (Å²) in [7, 11) is 3.56. The molecular formula is C11H11F3N4OS. The molecule has 0 aliphatic heterocycles. The van der Waals surface area contributed by atoms with Gasteiger partial charge in [0.15, 0.2) is 5.82 Å². The molecule has 2 aromatic heterocycles. The van der Waals surface area contributed by atoms with Crippen LogP contribution in [0.5, 0.6) is 0 Å². The highest BCUT2D eigenvalue weighted by Crippen LogP contribution is 2.28. The first kappa shape index (κ1) is 14.5. The van der Waals surface area contributed by atoms with Gasteiger partial charge >= 0.3 is 6.18 Å². The Hall–Kier alpha value is -1.90. The molecule has 20 heavy (non-hydrogen) atoms. The van der Waals surface area contributed by atoms with E-state index in [1.54, 1.807) is 19.0 Å². The molecule has 108 valence electrons. The van der Waals surface area contributed by atoms with Crippen LogP contribution in [0.4, 0.5) is 18.3 Å². The van der Waals surface area contributed by atoms with E-state index in [1.807, 2.05) is 0 Å². The zero-order chi connectivity index (χ0) is 14.9. The first-order valence-corrected chi connectivity index (χ1v) is 6.32. The van der Waals surface area contributed by atoms with Crippen molar-refractivity contribution in [3.05, 3.63) is 40.1 Å². The summed E-state index contributed by atoms with van der Waals surface area (Å²) in [6.07, 6.45) is -3.71. The Kier molecular flexibility index (Phi) is 3.80. The molecule has 0 amide bonds. The molecule has 0 aliphatic rings. The molecule has 2 aromatic rings. The monoisotopic (exact) mass is 304 g/mol. The quantitative estimate of drug-likeness (QED) is 0.868. The summed E-state index contributed by atoms with van der Waals surface area (Å²) in [5.41, 5.74) is -1.40. The van der Waals surface area contributed by atoms with Gasteiger partial charge in [-0.1, -0.05) is 0 Å². The zero-order valence-electron chi connectivity index (χ0n) is 10.7. The Morgan fingerprint density at radius 1 is 1.35 bits per heavy atom. The predicted octanol–water partition coefficient (Wildman–Crippen LogP) is 1.83. The summed E-state index contributed by atoms with van der Waals surface area (Å²) < 4.78 is 42.8. The number of pyridine rings is 1. The van der Waals surface area contributed by atoms with Crippen LogP contribution >= 0.6 is 11.5 Å². The number of alkyl halides is 3. The van der Waals surface area contributed by atoms with Gasteiger partial charge in [-0.15, -0.1) is 0 Å². The molecule has 0 spiro atoms. The topological polar surface area (TPSA) is 51.0 Å². The number of hydrogen-bond donors (Lipinski definition) is 0. The van der Waals surface area contributed by atoms with E-state index >= 15 is 0 Å². The number of nitrogens with zero attached hydrogens (tertiary/aromatic N) is 4. The Morgan fingerprint density at radius 3 is 2.60 bits per heavy atom. The van der Waals surface area contributed by atoms with Gasteiger partial charge in [-0.25, -0.2) is 4.98 Å². The summed E-state index contributed by atoms with van der Waals surface area (Å²) in [4.78, 5) is 17.4. The highest BCUT2D eigenvalue weighted by molar-refractivity contribution is 7.09. The fraction of sp³-hybridized carbons (Fsp3) is 0.364. The molecule has 0 saturated heterocycles. The predicted molar refractivity (Wildman–Crippen MR) is 69.0 cm³/mol. The zero-order valence-corrected chi connectivity index (χ0v) is 11.5. The van der Waals surface area contributed by atoms with Gasteiger partial charge in [0.25, 0.3) is 5.56 Å². The average Bonchev–Trinajstić information content (AvgIpc) is 2.79. The number of anilines is 1. The molecule has 0 aromatic carbocycles. The van der Waals surface area contributed by atoms with Crippen LogP contribution < -0.4 is 10.5 Å². The molecule has 0 aliphatic carbocycles. The van der Waals surface area contributed by atoms with Gasteiger partial charge < -0.3 is 9.47 Å². The van der Waals surface area contributed by atoms with Crippen molar-refractivity contribution in [2.75, 3.05) is 19.0 Å². The Balaban J connectivity index is 2.30. The lowest BCUT2D eigenvalue weighted by molar-refractivity contribution is -0.138. The minimum Gasteiger partial charge on any atom is -0.353 e. The van der Waals surface area contributed by atoms with Crippen LogP contribution in [0.15, 0.2) is 23.1 Å². The lowest BCUT2D eigenvalue weighted by Crippen LogP contribution is -2.22. The molecule has 0 saturated carbocycles. The van der Waals surface area contributed by atoms with E-state index < -0.39 is 17.3 Å². The summed E-state index contributed by atoms with van der Waals surface area (Å²) >= 11 is 1.12. The van der Waals surface area contributed by atoms with E-state index in [4.69, 9.17) is 0 Å². The first-order valence-electron chi connectivity index (χ1n) is 5.55. The van der Waals surface area contributed by atoms with Crippen LogP contribution in [0, 0.1) is 0 Å². The lowest BCUT2D eigenvalue weighted by Gasteiger charge is -2.09. The van der Waals surface area contributed by atoms with Crippen molar-refractivity contribution in [3.63, 3.8) is 0 Å². The third kappa shape index (κ3) is 3.16. The fourth-order valence-electron chi connectivity index (χ4n) is 1.47. The van der Waals surface area contributed by atoms with Crippen molar-refractivity contribution in [3.8, 4) is 0 Å². The van der Waals surface area contributed by atoms with Crippen LogP contribution in [-0.4, -0.2) is 28.0 Å². The van der Waals surface area contributed by atoms with Crippen LogP contribution in [0.1, 0.15) is 11.4 Å². The van der Waals surface area contributed by atoms with Gasteiger partial charge in [0, 0.05) is 37.9 Å². The molecule has 0 bridgehead atoms. The number of halogens is 3. The minimum atomic E-state index is -4.49. The third-order valence-electron chi connectivity index (χ3n) is 2.46. The van der Waals surface area contributed by atoms with Crippen LogP contribution in [0.25, 0.3) is 0 Å². The molecule has 0 radical (unpaired) electrons. The molecule has 0 unspecified atom stereocenters. The molecule has 2 heterocycles. The summed E-state index contributed by atoms with van der Waals surface area (Å²) in [5, 5.41) is 0.625. The van der Waals surface area contributed by atoms with Gasteiger partial charge in [0.1, 0.15) is 0 Å². The second-order valence-electron chi connectivity index (χ2n) is 4.27. The van der Waals surface area contributed by atoms with E-state index in [2.05, 4.69) is 9.36 Å². The number of hydrogen-bond acceptors (Lipinski definition) is 5. The fourth-order valence-corrected chi connectivity index (χ4v) is 2.06. The molecule has 0 atom stereocenters. The number of aromatic nitrogens is 3. The standard InChI is InChI=1S/C11H11F3N4OS/c1-17(2)10-15-8(16-20-10)6-18-5-7(11(12,13)14)3-4-9(18)19/h3-5H,6H2,1-2H3. The second-order valence-corrected chi connectivity index (χ2v) is 5.00. The van der Waals surface area contributed by atoms with E-state index in [0.717, 1.165) is 34.4 Å². The maximum atomic E-state index is 12.6. The maximum Gasteiger partial charge on any atom is 0.417 e. The summed E-state index contributed by atoms with van der Waals surface area (Å²) in [5.74, 6) is 0.306. The largest absolute Gasteiger partial charge is 0.417 e. The van der Waals surface area contributed by atoms with Crippen LogP contribution in [0.3, 0.4) is 0 Å². The van der Waals surface area contributed by atoms with E-state index in [-0.39, 0.29) is 6.54 Å². The normalized spacial score (nSPS) is 11.7. The van der Waals surface area contributed by atoms with Gasteiger partial charge in [-0.2, -0.15) is 17.5 Å². The van der Waals surface area contributed by atoms with Gasteiger partial charge in [0.05, 0.1) is 12.1 Å². The average molecular weight is 304 g/mol. The van der Waals surface area contributed by atoms with E-state index in [0.29, 0.717) is 11.0 Å². The molecular weight excluding hydrogens is 293 g/mol. The molecule has 9 heteroatoms. The van der Waals surface area contributed by atoms with E-state index in [9.17, 15) is 18.0 Å². The van der Waals surface area contributed by atoms with Crippen molar-refractivity contribution >= 4 is 16.7 Å². The molecule has 0 N–H and O–H groups in total. The van der Waals surface area contributed by atoms with Gasteiger partial charge in [0.2, 0.25) is 5.13 Å². The smallest absolute Gasteiger partial charge is 0.353 e. The first-order chi connectivity index (χ1) is 9.27. The van der Waals surface area contributed by atoms with Gasteiger partial charge in [-0.3, -0.25) is 4.79 Å². The van der Waals surface area contributed by atoms with E-state index in [1.165, 1.54) is 0 Å². The lowest BCUT2D eigenvalue weighted by atomic mass is 10.3. The van der Waals surface area contributed by atoms with Crippen molar-refractivity contribution < 1.29 is 13.2 Å². The van der Waals surface area contributed by atoms with Crippen LogP contribution in [-0.2, 0) is 12.7 Å². The maximum absolute atomic E-state index is 12.6. The van der Waals surface area contributed by atoms with Crippen LogP contribution in [0.2, 0.25) is 0 Å².